The summed E-state index contributed by atoms with van der Waals surface area (Å²) in [5.41, 5.74) is 10.7. The summed E-state index contributed by atoms with van der Waals surface area (Å²) in [5.74, 6) is -2.42. The second kappa shape index (κ2) is 4.36. The van der Waals surface area contributed by atoms with Crippen LogP contribution < -0.4 is 11.5 Å². The molecule has 0 radical (unpaired) electrons. The van der Waals surface area contributed by atoms with Gasteiger partial charge in [0, 0.05) is 18.3 Å². The van der Waals surface area contributed by atoms with E-state index in [-0.39, 0.29) is 6.42 Å². The van der Waals surface area contributed by atoms with E-state index in [4.69, 9.17) is 11.5 Å². The van der Waals surface area contributed by atoms with Crippen molar-refractivity contribution in [1.29, 1.82) is 0 Å². The smallest absolute Gasteiger partial charge is 0.230 e. The SMILES string of the molecule is NC(=O)C(Cc1ccccn1)C(N)=O. The molecule has 0 aromatic carbocycles. The van der Waals surface area contributed by atoms with Gasteiger partial charge in [-0.1, -0.05) is 6.07 Å². The number of carbonyl (C=O) groups excluding carboxylic acids is 2. The second-order valence-electron chi connectivity index (χ2n) is 2.88. The van der Waals surface area contributed by atoms with Gasteiger partial charge in [-0.05, 0) is 12.1 Å². The normalized spacial score (nSPS) is 10.1. The molecule has 1 aromatic rings. The molecule has 0 aliphatic rings. The Hall–Kier alpha value is -1.91. The van der Waals surface area contributed by atoms with E-state index in [1.807, 2.05) is 0 Å². The minimum atomic E-state index is -0.982. The van der Waals surface area contributed by atoms with Gasteiger partial charge in [0.25, 0.3) is 0 Å². The molecule has 0 saturated carbocycles. The van der Waals surface area contributed by atoms with Gasteiger partial charge >= 0.3 is 0 Å². The molecule has 0 atom stereocenters. The lowest BCUT2D eigenvalue weighted by Gasteiger charge is -2.07. The Morgan fingerprint density at radius 3 is 2.36 bits per heavy atom. The average Bonchev–Trinajstić information content (AvgIpc) is 2.15. The van der Waals surface area contributed by atoms with Crippen molar-refractivity contribution in [1.82, 2.24) is 4.98 Å². The molecule has 14 heavy (non-hydrogen) atoms. The minimum Gasteiger partial charge on any atom is -0.369 e. The zero-order chi connectivity index (χ0) is 10.6. The number of aromatic nitrogens is 1. The van der Waals surface area contributed by atoms with Crippen LogP contribution >= 0.6 is 0 Å². The first kappa shape index (κ1) is 10.2. The van der Waals surface area contributed by atoms with Crippen LogP contribution in [-0.4, -0.2) is 16.8 Å². The Balaban J connectivity index is 2.75. The molecular weight excluding hydrogens is 182 g/mol. The quantitative estimate of drug-likeness (QED) is 0.613. The predicted molar refractivity (Wildman–Crippen MR) is 49.8 cm³/mol. The molecule has 5 nitrogen and oxygen atoms in total. The van der Waals surface area contributed by atoms with Crippen molar-refractivity contribution in [2.24, 2.45) is 17.4 Å². The van der Waals surface area contributed by atoms with Gasteiger partial charge in [-0.2, -0.15) is 0 Å². The first-order chi connectivity index (χ1) is 6.61. The monoisotopic (exact) mass is 193 g/mol. The van der Waals surface area contributed by atoms with Crippen molar-refractivity contribution < 1.29 is 9.59 Å². The number of nitrogens with zero attached hydrogens (tertiary/aromatic N) is 1. The average molecular weight is 193 g/mol. The van der Waals surface area contributed by atoms with Crippen molar-refractivity contribution in [3.05, 3.63) is 30.1 Å². The summed E-state index contributed by atoms with van der Waals surface area (Å²) >= 11 is 0. The summed E-state index contributed by atoms with van der Waals surface area (Å²) in [7, 11) is 0. The van der Waals surface area contributed by atoms with E-state index in [0.29, 0.717) is 5.69 Å². The first-order valence-corrected chi connectivity index (χ1v) is 4.10. The van der Waals surface area contributed by atoms with Crippen LogP contribution in [0.25, 0.3) is 0 Å². The number of hydrogen-bond acceptors (Lipinski definition) is 3. The van der Waals surface area contributed by atoms with Gasteiger partial charge in [-0.3, -0.25) is 14.6 Å². The third kappa shape index (κ3) is 2.55. The highest BCUT2D eigenvalue weighted by Gasteiger charge is 2.22. The maximum atomic E-state index is 10.8. The van der Waals surface area contributed by atoms with E-state index < -0.39 is 17.7 Å². The van der Waals surface area contributed by atoms with Crippen LogP contribution in [0, 0.1) is 5.92 Å². The summed E-state index contributed by atoms with van der Waals surface area (Å²) in [6.45, 7) is 0. The van der Waals surface area contributed by atoms with E-state index in [0.717, 1.165) is 0 Å². The first-order valence-electron chi connectivity index (χ1n) is 4.10. The maximum absolute atomic E-state index is 10.8. The standard InChI is InChI=1S/C9H11N3O2/c10-8(13)7(9(11)14)5-6-3-1-2-4-12-6/h1-4,7H,5H2,(H2,10,13)(H2,11,14). The fourth-order valence-electron chi connectivity index (χ4n) is 1.07. The predicted octanol–water partition coefficient (Wildman–Crippen LogP) is -0.789. The molecule has 2 amide bonds. The van der Waals surface area contributed by atoms with Gasteiger partial charge in [-0.25, -0.2) is 0 Å². The van der Waals surface area contributed by atoms with Crippen molar-refractivity contribution >= 4 is 11.8 Å². The Labute approximate surface area is 81.1 Å². The molecular formula is C9H11N3O2. The van der Waals surface area contributed by atoms with Gasteiger partial charge < -0.3 is 11.5 Å². The van der Waals surface area contributed by atoms with Gasteiger partial charge in [0.15, 0.2) is 0 Å². The summed E-state index contributed by atoms with van der Waals surface area (Å²) in [6.07, 6.45) is 1.74. The molecule has 0 aliphatic heterocycles. The molecule has 1 heterocycles. The molecule has 74 valence electrons. The Morgan fingerprint density at radius 1 is 1.29 bits per heavy atom. The lowest BCUT2D eigenvalue weighted by molar-refractivity contribution is -0.131. The highest BCUT2D eigenvalue weighted by atomic mass is 16.2. The lowest BCUT2D eigenvalue weighted by Crippen LogP contribution is -2.36. The topological polar surface area (TPSA) is 99.1 Å². The van der Waals surface area contributed by atoms with Gasteiger partial charge in [0.05, 0.1) is 0 Å². The number of carbonyl (C=O) groups is 2. The third-order valence-electron chi connectivity index (χ3n) is 1.83. The lowest BCUT2D eigenvalue weighted by atomic mass is 10.0. The maximum Gasteiger partial charge on any atom is 0.230 e. The fourth-order valence-corrected chi connectivity index (χ4v) is 1.07. The number of hydrogen-bond donors (Lipinski definition) is 2. The highest BCUT2D eigenvalue weighted by Crippen LogP contribution is 2.04. The van der Waals surface area contributed by atoms with Gasteiger partial charge in [0.2, 0.25) is 11.8 Å². The van der Waals surface area contributed by atoms with Crippen molar-refractivity contribution in [3.8, 4) is 0 Å². The molecule has 0 bridgehead atoms. The molecule has 0 fully saturated rings. The molecule has 0 spiro atoms. The summed E-state index contributed by atoms with van der Waals surface area (Å²) < 4.78 is 0. The molecule has 0 saturated heterocycles. The Morgan fingerprint density at radius 2 is 1.93 bits per heavy atom. The van der Waals surface area contributed by atoms with Crippen LogP contribution in [0.3, 0.4) is 0 Å². The second-order valence-corrected chi connectivity index (χ2v) is 2.88. The van der Waals surface area contributed by atoms with Crippen LogP contribution in [0.15, 0.2) is 24.4 Å². The molecule has 1 aromatic heterocycles. The van der Waals surface area contributed by atoms with Crippen LogP contribution in [-0.2, 0) is 16.0 Å². The van der Waals surface area contributed by atoms with E-state index in [1.165, 1.54) is 0 Å². The molecule has 0 unspecified atom stereocenters. The molecule has 0 aliphatic carbocycles. The zero-order valence-corrected chi connectivity index (χ0v) is 7.51. The van der Waals surface area contributed by atoms with E-state index in [2.05, 4.69) is 4.98 Å². The number of amides is 2. The summed E-state index contributed by atoms with van der Waals surface area (Å²) in [6, 6.07) is 5.22. The molecule has 1 rings (SSSR count). The van der Waals surface area contributed by atoms with Crippen molar-refractivity contribution in [2.75, 3.05) is 0 Å². The number of pyridine rings is 1. The summed E-state index contributed by atoms with van der Waals surface area (Å²) in [4.78, 5) is 25.6. The van der Waals surface area contributed by atoms with Gasteiger partial charge in [0.1, 0.15) is 5.92 Å². The van der Waals surface area contributed by atoms with E-state index in [1.54, 1.807) is 24.4 Å². The van der Waals surface area contributed by atoms with Crippen LogP contribution in [0.2, 0.25) is 0 Å². The number of primary amides is 2. The van der Waals surface area contributed by atoms with Crippen molar-refractivity contribution in [3.63, 3.8) is 0 Å². The van der Waals surface area contributed by atoms with Crippen molar-refractivity contribution in [2.45, 2.75) is 6.42 Å². The van der Waals surface area contributed by atoms with Gasteiger partial charge in [-0.15, -0.1) is 0 Å². The Bertz CT molecular complexity index is 323. The number of nitrogens with two attached hydrogens (primary N) is 2. The van der Waals surface area contributed by atoms with E-state index in [9.17, 15) is 9.59 Å². The molecule has 4 N–H and O–H groups in total. The summed E-state index contributed by atoms with van der Waals surface area (Å²) in [5, 5.41) is 0. The largest absolute Gasteiger partial charge is 0.369 e. The fraction of sp³-hybridized carbons (Fsp3) is 0.222. The highest BCUT2D eigenvalue weighted by molar-refractivity contribution is 5.98. The minimum absolute atomic E-state index is 0.158. The Kier molecular flexibility index (Phi) is 3.17. The third-order valence-corrected chi connectivity index (χ3v) is 1.83. The number of rotatable bonds is 4. The van der Waals surface area contributed by atoms with Crippen LogP contribution in [0.5, 0.6) is 0 Å². The van der Waals surface area contributed by atoms with Crippen LogP contribution in [0.4, 0.5) is 0 Å². The van der Waals surface area contributed by atoms with Crippen LogP contribution in [0.1, 0.15) is 5.69 Å². The zero-order valence-electron chi connectivity index (χ0n) is 7.51. The molecule has 5 heteroatoms. The van der Waals surface area contributed by atoms with E-state index >= 15 is 0 Å².